The van der Waals surface area contributed by atoms with Crippen LogP contribution in [0.25, 0.3) is 0 Å². The summed E-state index contributed by atoms with van der Waals surface area (Å²) >= 11 is 0. The molecule has 0 aromatic heterocycles. The highest BCUT2D eigenvalue weighted by molar-refractivity contribution is 14.0. The topological polar surface area (TPSA) is 75.1 Å². The van der Waals surface area contributed by atoms with E-state index in [1.54, 1.807) is 14.0 Å². The molecule has 0 bridgehead atoms. The molecule has 1 atom stereocenters. The maximum atomic E-state index is 10.6. The van der Waals surface area contributed by atoms with E-state index in [9.17, 15) is 5.11 Å². The molecule has 6 nitrogen and oxygen atoms in total. The molecule has 1 aromatic carbocycles. The summed E-state index contributed by atoms with van der Waals surface area (Å²) < 4.78 is 10.3. The number of aliphatic imine (C=N–C) groups is 1. The van der Waals surface area contributed by atoms with Crippen LogP contribution in [0.15, 0.2) is 35.3 Å². The molecule has 0 radical (unpaired) electrons. The second kappa shape index (κ2) is 14.3. The Morgan fingerprint density at radius 1 is 1.16 bits per heavy atom. The number of guanidine groups is 1. The number of nitrogens with one attached hydrogen (secondary N) is 2. The van der Waals surface area contributed by atoms with Gasteiger partial charge in [-0.15, -0.1) is 24.0 Å². The van der Waals surface area contributed by atoms with E-state index in [2.05, 4.69) is 15.6 Å². The van der Waals surface area contributed by atoms with Gasteiger partial charge in [0.1, 0.15) is 5.60 Å². The van der Waals surface area contributed by atoms with Crippen LogP contribution in [-0.4, -0.2) is 57.6 Å². The molecule has 1 rings (SSSR count). The Balaban J connectivity index is 0.00000576. The third-order valence-corrected chi connectivity index (χ3v) is 3.47. The van der Waals surface area contributed by atoms with Crippen LogP contribution >= 0.6 is 24.0 Å². The molecular formula is C18H32IN3O3. The molecule has 0 spiro atoms. The first kappa shape index (κ1) is 24.1. The Morgan fingerprint density at radius 2 is 1.88 bits per heavy atom. The summed E-state index contributed by atoms with van der Waals surface area (Å²) in [6.45, 7) is 7.51. The molecule has 0 aliphatic heterocycles. The van der Waals surface area contributed by atoms with Crippen molar-refractivity contribution >= 4 is 29.9 Å². The van der Waals surface area contributed by atoms with Gasteiger partial charge in [-0.25, -0.2) is 4.99 Å². The third-order valence-electron chi connectivity index (χ3n) is 3.47. The van der Waals surface area contributed by atoms with Crippen molar-refractivity contribution in [3.8, 4) is 0 Å². The number of hydrogen-bond donors (Lipinski definition) is 3. The minimum atomic E-state index is -0.993. The highest BCUT2D eigenvalue weighted by Crippen LogP contribution is 2.20. The Kier molecular flexibility index (Phi) is 13.8. The minimum Gasteiger partial charge on any atom is -0.384 e. The predicted octanol–water partition coefficient (Wildman–Crippen LogP) is 2.12. The van der Waals surface area contributed by atoms with E-state index in [1.165, 1.54) is 0 Å². The Hall–Kier alpha value is -0.900. The summed E-state index contributed by atoms with van der Waals surface area (Å²) in [5, 5.41) is 17.0. The van der Waals surface area contributed by atoms with Gasteiger partial charge in [-0.2, -0.15) is 0 Å². The fourth-order valence-corrected chi connectivity index (χ4v) is 2.09. The maximum Gasteiger partial charge on any atom is 0.191 e. The van der Waals surface area contributed by atoms with Gasteiger partial charge in [-0.3, -0.25) is 0 Å². The van der Waals surface area contributed by atoms with Crippen molar-refractivity contribution in [2.24, 2.45) is 4.99 Å². The van der Waals surface area contributed by atoms with Crippen molar-refractivity contribution in [2.75, 3.05) is 46.6 Å². The number of aliphatic hydroxyl groups is 1. The van der Waals surface area contributed by atoms with Crippen molar-refractivity contribution in [3.63, 3.8) is 0 Å². The van der Waals surface area contributed by atoms with Gasteiger partial charge >= 0.3 is 0 Å². The van der Waals surface area contributed by atoms with Crippen molar-refractivity contribution in [2.45, 2.75) is 25.9 Å². The molecular weight excluding hydrogens is 433 g/mol. The molecule has 0 aliphatic rings. The average Bonchev–Trinajstić information content (AvgIpc) is 2.59. The van der Waals surface area contributed by atoms with E-state index in [0.29, 0.717) is 25.8 Å². The maximum absolute atomic E-state index is 10.6. The highest BCUT2D eigenvalue weighted by atomic mass is 127. The lowest BCUT2D eigenvalue weighted by Gasteiger charge is -2.22. The van der Waals surface area contributed by atoms with Crippen molar-refractivity contribution < 1.29 is 14.6 Å². The number of hydrogen-bond acceptors (Lipinski definition) is 4. The monoisotopic (exact) mass is 465 g/mol. The number of nitrogens with zero attached hydrogens (tertiary/aromatic N) is 1. The predicted molar refractivity (Wildman–Crippen MR) is 113 cm³/mol. The summed E-state index contributed by atoms with van der Waals surface area (Å²) in [5.74, 6) is 0.700. The largest absolute Gasteiger partial charge is 0.384 e. The molecule has 0 saturated carbocycles. The van der Waals surface area contributed by atoms with E-state index < -0.39 is 5.60 Å². The fraction of sp³-hybridized carbons (Fsp3) is 0.611. The van der Waals surface area contributed by atoms with Gasteiger partial charge in [0, 0.05) is 26.8 Å². The number of rotatable bonds is 11. The zero-order valence-electron chi connectivity index (χ0n) is 15.5. The van der Waals surface area contributed by atoms with Crippen LogP contribution in [0.1, 0.15) is 25.8 Å². The number of methoxy groups -OCH3 is 1. The molecule has 25 heavy (non-hydrogen) atoms. The van der Waals surface area contributed by atoms with Crippen LogP contribution in [0, 0.1) is 0 Å². The van der Waals surface area contributed by atoms with Gasteiger partial charge in [0.2, 0.25) is 0 Å². The second-order valence-electron chi connectivity index (χ2n) is 5.72. The first-order chi connectivity index (χ1) is 11.6. The molecule has 1 unspecified atom stereocenters. The van der Waals surface area contributed by atoms with Gasteiger partial charge in [0.15, 0.2) is 5.96 Å². The smallest absolute Gasteiger partial charge is 0.191 e. The van der Waals surface area contributed by atoms with Crippen LogP contribution in [0.3, 0.4) is 0 Å². The van der Waals surface area contributed by atoms with E-state index in [4.69, 9.17) is 9.47 Å². The van der Waals surface area contributed by atoms with E-state index >= 15 is 0 Å². The molecule has 144 valence electrons. The average molecular weight is 465 g/mol. The van der Waals surface area contributed by atoms with Crippen LogP contribution in [0.4, 0.5) is 0 Å². The standard InChI is InChI=1S/C18H31N3O3.HI/c1-4-19-17(20-11-8-12-24-14-13-23-3)21-15-18(2,22)16-9-6-5-7-10-16;/h5-7,9-10,22H,4,8,11-15H2,1-3H3,(H2,19,20,21);1H. The highest BCUT2D eigenvalue weighted by Gasteiger charge is 2.22. The lowest BCUT2D eigenvalue weighted by Crippen LogP contribution is -2.39. The van der Waals surface area contributed by atoms with Gasteiger partial charge in [0.25, 0.3) is 0 Å². The first-order valence-corrected chi connectivity index (χ1v) is 8.47. The number of halogens is 1. The lowest BCUT2D eigenvalue weighted by molar-refractivity contribution is 0.0670. The summed E-state index contributed by atoms with van der Waals surface area (Å²) in [6, 6.07) is 9.59. The molecule has 0 heterocycles. The van der Waals surface area contributed by atoms with Gasteiger partial charge in [-0.05, 0) is 25.8 Å². The lowest BCUT2D eigenvalue weighted by atomic mass is 9.96. The Morgan fingerprint density at radius 3 is 2.52 bits per heavy atom. The summed E-state index contributed by atoms with van der Waals surface area (Å²) in [4.78, 5) is 4.49. The SMILES string of the molecule is CCNC(=NCC(C)(O)c1ccccc1)NCCCOCCOC.I. The minimum absolute atomic E-state index is 0. The Bertz CT molecular complexity index is 470. The molecule has 0 saturated heterocycles. The molecule has 1 aromatic rings. The van der Waals surface area contributed by atoms with E-state index in [-0.39, 0.29) is 30.5 Å². The molecule has 3 N–H and O–H groups in total. The van der Waals surface area contributed by atoms with Crippen LogP contribution in [-0.2, 0) is 15.1 Å². The van der Waals surface area contributed by atoms with Gasteiger partial charge in [0.05, 0.1) is 19.8 Å². The van der Waals surface area contributed by atoms with Crippen LogP contribution < -0.4 is 10.6 Å². The summed E-state index contributed by atoms with van der Waals surface area (Å²) in [5.41, 5.74) is -0.136. The fourth-order valence-electron chi connectivity index (χ4n) is 2.09. The van der Waals surface area contributed by atoms with Crippen LogP contribution in [0.2, 0.25) is 0 Å². The van der Waals surface area contributed by atoms with Crippen molar-refractivity contribution in [3.05, 3.63) is 35.9 Å². The second-order valence-corrected chi connectivity index (χ2v) is 5.72. The number of ether oxygens (including phenoxy) is 2. The summed E-state index contributed by atoms with van der Waals surface area (Å²) in [7, 11) is 1.66. The van der Waals surface area contributed by atoms with Crippen molar-refractivity contribution in [1.29, 1.82) is 0 Å². The molecule has 0 amide bonds. The molecule has 0 fully saturated rings. The first-order valence-electron chi connectivity index (χ1n) is 8.47. The Labute approximate surface area is 168 Å². The van der Waals surface area contributed by atoms with E-state index in [0.717, 1.165) is 25.1 Å². The van der Waals surface area contributed by atoms with Crippen molar-refractivity contribution in [1.82, 2.24) is 10.6 Å². The molecule has 0 aliphatic carbocycles. The zero-order chi connectivity index (χ0) is 17.7. The van der Waals surface area contributed by atoms with E-state index in [1.807, 2.05) is 37.3 Å². The number of benzene rings is 1. The third kappa shape index (κ3) is 10.6. The van der Waals surface area contributed by atoms with Gasteiger partial charge < -0.3 is 25.2 Å². The quantitative estimate of drug-likeness (QED) is 0.202. The van der Waals surface area contributed by atoms with Crippen LogP contribution in [0.5, 0.6) is 0 Å². The normalized spacial score (nSPS) is 13.7. The molecule has 7 heteroatoms. The zero-order valence-corrected chi connectivity index (χ0v) is 17.8. The summed E-state index contributed by atoms with van der Waals surface area (Å²) in [6.07, 6.45) is 0.878. The van der Waals surface area contributed by atoms with Gasteiger partial charge in [-0.1, -0.05) is 30.3 Å².